The van der Waals surface area contributed by atoms with Gasteiger partial charge in [-0.25, -0.2) is 12.7 Å². The van der Waals surface area contributed by atoms with Gasteiger partial charge in [0.2, 0.25) is 10.0 Å². The predicted octanol–water partition coefficient (Wildman–Crippen LogP) is 0.911. The molecule has 0 aromatic carbocycles. The van der Waals surface area contributed by atoms with Crippen LogP contribution in [0.5, 0.6) is 0 Å². The van der Waals surface area contributed by atoms with Gasteiger partial charge in [-0.2, -0.15) is 0 Å². The summed E-state index contributed by atoms with van der Waals surface area (Å²) in [7, 11) is -1.53. The lowest BCUT2D eigenvalue weighted by atomic mass is 9.84. The van der Waals surface area contributed by atoms with E-state index in [1.165, 1.54) is 10.6 Å². The van der Waals surface area contributed by atoms with Crippen molar-refractivity contribution in [3.05, 3.63) is 0 Å². The number of nitrogens with zero attached hydrogens (tertiary/aromatic N) is 1. The van der Waals surface area contributed by atoms with E-state index in [1.807, 2.05) is 0 Å². The normalized spacial score (nSPS) is 26.9. The number of hydrogen-bond acceptors (Lipinski definition) is 3. The second kappa shape index (κ2) is 5.14. The van der Waals surface area contributed by atoms with Gasteiger partial charge < -0.3 is 5.11 Å². The van der Waals surface area contributed by atoms with Gasteiger partial charge in [0.25, 0.3) is 0 Å². The Labute approximate surface area is 96.5 Å². The highest BCUT2D eigenvalue weighted by Gasteiger charge is 2.28. The highest BCUT2D eigenvalue weighted by Crippen LogP contribution is 2.29. The summed E-state index contributed by atoms with van der Waals surface area (Å²) < 4.78 is 24.0. The fourth-order valence-electron chi connectivity index (χ4n) is 2.23. The van der Waals surface area contributed by atoms with Crippen LogP contribution in [-0.2, 0) is 14.8 Å². The van der Waals surface area contributed by atoms with Crippen LogP contribution in [0.2, 0.25) is 0 Å². The number of hydrogen-bond donors (Lipinski definition) is 1. The van der Waals surface area contributed by atoms with Gasteiger partial charge in [-0.1, -0.05) is 0 Å². The van der Waals surface area contributed by atoms with Gasteiger partial charge in [-0.15, -0.1) is 0 Å². The summed E-state index contributed by atoms with van der Waals surface area (Å²) in [5.74, 6) is -0.554. The first-order valence-corrected chi connectivity index (χ1v) is 7.30. The maximum Gasteiger partial charge on any atom is 0.303 e. The van der Waals surface area contributed by atoms with E-state index in [4.69, 9.17) is 5.11 Å². The number of carboxylic acids is 1. The Morgan fingerprint density at radius 1 is 1.31 bits per heavy atom. The number of rotatable bonds is 4. The van der Waals surface area contributed by atoms with E-state index >= 15 is 0 Å². The van der Waals surface area contributed by atoms with Gasteiger partial charge >= 0.3 is 5.97 Å². The first-order valence-electron chi connectivity index (χ1n) is 5.45. The molecule has 5 nitrogen and oxygen atoms in total. The molecule has 0 aromatic heterocycles. The van der Waals surface area contributed by atoms with Gasteiger partial charge in [0.1, 0.15) is 0 Å². The van der Waals surface area contributed by atoms with E-state index in [0.29, 0.717) is 0 Å². The molecule has 0 atom stereocenters. The smallest absolute Gasteiger partial charge is 0.303 e. The van der Waals surface area contributed by atoms with Crippen LogP contribution in [0.4, 0.5) is 0 Å². The minimum Gasteiger partial charge on any atom is -0.481 e. The number of carboxylic acid groups (broad SMARTS) is 1. The zero-order valence-corrected chi connectivity index (χ0v) is 10.5. The molecule has 6 heteroatoms. The molecule has 0 aromatic rings. The Hall–Kier alpha value is -0.620. The van der Waals surface area contributed by atoms with Crippen LogP contribution in [-0.4, -0.2) is 43.1 Å². The van der Waals surface area contributed by atoms with Crippen molar-refractivity contribution in [1.29, 1.82) is 0 Å². The highest BCUT2D eigenvalue weighted by atomic mass is 32.2. The van der Waals surface area contributed by atoms with Crippen LogP contribution in [0, 0.1) is 5.92 Å². The summed E-state index contributed by atoms with van der Waals surface area (Å²) in [5.41, 5.74) is 0. The number of carbonyl (C=O) groups is 1. The van der Waals surface area contributed by atoms with E-state index in [2.05, 4.69) is 0 Å². The van der Waals surface area contributed by atoms with Crippen molar-refractivity contribution in [2.45, 2.75) is 38.1 Å². The van der Waals surface area contributed by atoms with E-state index < -0.39 is 16.0 Å². The molecule has 1 aliphatic rings. The third-order valence-corrected chi connectivity index (χ3v) is 4.66. The zero-order valence-electron chi connectivity index (χ0n) is 9.72. The van der Waals surface area contributed by atoms with Crippen LogP contribution in [0.15, 0.2) is 0 Å². The Morgan fingerprint density at radius 2 is 1.81 bits per heavy atom. The number of sulfonamides is 1. The fraction of sp³-hybridized carbons (Fsp3) is 0.900. The van der Waals surface area contributed by atoms with Crippen molar-refractivity contribution >= 4 is 16.0 Å². The maximum absolute atomic E-state index is 11.3. The molecule has 0 radical (unpaired) electrons. The molecule has 16 heavy (non-hydrogen) atoms. The molecule has 0 aliphatic heterocycles. The van der Waals surface area contributed by atoms with Gasteiger partial charge in [0.15, 0.2) is 0 Å². The van der Waals surface area contributed by atoms with E-state index in [1.54, 1.807) is 7.05 Å². The van der Waals surface area contributed by atoms with Crippen molar-refractivity contribution in [2.75, 3.05) is 13.3 Å². The summed E-state index contributed by atoms with van der Waals surface area (Å²) in [4.78, 5) is 10.5. The monoisotopic (exact) mass is 249 g/mol. The lowest BCUT2D eigenvalue weighted by Gasteiger charge is -2.32. The Morgan fingerprint density at radius 3 is 2.19 bits per heavy atom. The lowest BCUT2D eigenvalue weighted by Crippen LogP contribution is -2.39. The standard InChI is InChI=1S/C10H19NO4S/c1-11(16(2,14)15)9-5-3-8(4-6-9)7-10(12)13/h8-9H,3-7H2,1-2H3,(H,12,13). The van der Waals surface area contributed by atoms with Crippen molar-refractivity contribution < 1.29 is 18.3 Å². The first kappa shape index (κ1) is 13.4. The van der Waals surface area contributed by atoms with Crippen molar-refractivity contribution in [1.82, 2.24) is 4.31 Å². The molecule has 0 spiro atoms. The summed E-state index contributed by atoms with van der Waals surface area (Å²) in [6.45, 7) is 0. The van der Waals surface area contributed by atoms with Gasteiger partial charge in [0.05, 0.1) is 6.26 Å². The Kier molecular flexibility index (Phi) is 4.32. The Bertz CT molecular complexity index is 344. The summed E-state index contributed by atoms with van der Waals surface area (Å²) in [5, 5.41) is 8.66. The number of aliphatic carboxylic acids is 1. The van der Waals surface area contributed by atoms with Crippen LogP contribution >= 0.6 is 0 Å². The van der Waals surface area contributed by atoms with Crippen molar-refractivity contribution in [3.63, 3.8) is 0 Å². The first-order chi connectivity index (χ1) is 7.30. The molecule has 1 fully saturated rings. The largest absolute Gasteiger partial charge is 0.481 e. The van der Waals surface area contributed by atoms with E-state index in [-0.39, 0.29) is 18.4 Å². The second-order valence-corrected chi connectivity index (χ2v) is 6.59. The molecule has 0 amide bonds. The molecule has 0 heterocycles. The molecule has 0 unspecified atom stereocenters. The second-order valence-electron chi connectivity index (χ2n) is 4.55. The average Bonchev–Trinajstić information content (AvgIpc) is 2.15. The van der Waals surface area contributed by atoms with E-state index in [0.717, 1.165) is 25.7 Å². The molecule has 0 saturated heterocycles. The average molecular weight is 249 g/mol. The minimum absolute atomic E-state index is 0.0417. The summed E-state index contributed by atoms with van der Waals surface area (Å²) in [6.07, 6.45) is 4.54. The van der Waals surface area contributed by atoms with Crippen LogP contribution in [0.3, 0.4) is 0 Å². The quantitative estimate of drug-likeness (QED) is 0.803. The minimum atomic E-state index is -3.13. The lowest BCUT2D eigenvalue weighted by molar-refractivity contribution is -0.138. The summed E-state index contributed by atoms with van der Waals surface area (Å²) in [6, 6.07) is 0.0417. The molecule has 94 valence electrons. The molecule has 0 bridgehead atoms. The molecule has 1 aliphatic carbocycles. The third-order valence-electron chi connectivity index (χ3n) is 3.32. The molecule has 1 N–H and O–H groups in total. The van der Waals surface area contributed by atoms with Gasteiger partial charge in [-0.3, -0.25) is 4.79 Å². The SMILES string of the molecule is CN(C1CCC(CC(=O)O)CC1)S(C)(=O)=O. The van der Waals surface area contributed by atoms with Crippen LogP contribution in [0.25, 0.3) is 0 Å². The van der Waals surface area contributed by atoms with Crippen LogP contribution in [0.1, 0.15) is 32.1 Å². The highest BCUT2D eigenvalue weighted by molar-refractivity contribution is 7.88. The van der Waals surface area contributed by atoms with Gasteiger partial charge in [-0.05, 0) is 31.6 Å². The van der Waals surface area contributed by atoms with Crippen LogP contribution < -0.4 is 0 Å². The van der Waals surface area contributed by atoms with Crippen molar-refractivity contribution in [2.24, 2.45) is 5.92 Å². The molecular formula is C10H19NO4S. The zero-order chi connectivity index (χ0) is 12.3. The third kappa shape index (κ3) is 3.75. The molecule has 1 rings (SSSR count). The summed E-state index contributed by atoms with van der Waals surface area (Å²) >= 11 is 0. The Balaban J connectivity index is 2.46. The van der Waals surface area contributed by atoms with E-state index in [9.17, 15) is 13.2 Å². The van der Waals surface area contributed by atoms with Crippen molar-refractivity contribution in [3.8, 4) is 0 Å². The fourth-order valence-corrected chi connectivity index (χ4v) is 2.98. The predicted molar refractivity (Wildman–Crippen MR) is 60.6 cm³/mol. The maximum atomic E-state index is 11.3. The van der Waals surface area contributed by atoms with Gasteiger partial charge in [0, 0.05) is 19.5 Å². The molecular weight excluding hydrogens is 230 g/mol. The molecule has 1 saturated carbocycles. The topological polar surface area (TPSA) is 74.7 Å².